The summed E-state index contributed by atoms with van der Waals surface area (Å²) in [5.74, 6) is 7.72. The molecule has 3 aromatic rings. The van der Waals surface area contributed by atoms with Gasteiger partial charge < -0.3 is 20.6 Å². The molecular formula is C18H21N5O3S2. The zero-order valence-corrected chi connectivity index (χ0v) is 17.3. The van der Waals surface area contributed by atoms with E-state index in [0.29, 0.717) is 29.0 Å². The molecule has 1 amide bonds. The van der Waals surface area contributed by atoms with Gasteiger partial charge in [-0.3, -0.25) is 4.79 Å². The average Bonchev–Trinajstić information content (AvgIpc) is 3.36. The van der Waals surface area contributed by atoms with E-state index >= 15 is 0 Å². The Morgan fingerprint density at radius 1 is 1.29 bits per heavy atom. The van der Waals surface area contributed by atoms with Gasteiger partial charge in [0, 0.05) is 10.4 Å². The molecule has 3 N–H and O–H groups in total. The Morgan fingerprint density at radius 3 is 2.75 bits per heavy atom. The summed E-state index contributed by atoms with van der Waals surface area (Å²) in [7, 11) is 3.13. The number of aromatic nitrogens is 3. The van der Waals surface area contributed by atoms with Crippen molar-refractivity contribution in [3.63, 3.8) is 0 Å². The first-order chi connectivity index (χ1) is 13.5. The quantitative estimate of drug-likeness (QED) is 0.427. The molecule has 0 bridgehead atoms. The second-order valence-electron chi connectivity index (χ2n) is 5.80. The molecule has 0 spiro atoms. The summed E-state index contributed by atoms with van der Waals surface area (Å²) in [6.07, 6.45) is 0. The molecule has 0 fully saturated rings. The molecule has 0 saturated carbocycles. The standard InChI is InChI=1S/C18H21N5O3S2/c1-11(17(24)20-10-13-5-4-8-27-13)28-18-22-21-16(23(18)19)12-6-7-14(25-2)15(9-12)26-3/h4-9,11H,10,19H2,1-3H3,(H,20,24). The van der Waals surface area contributed by atoms with E-state index < -0.39 is 0 Å². The molecule has 1 atom stereocenters. The van der Waals surface area contributed by atoms with Gasteiger partial charge in [-0.2, -0.15) is 0 Å². The first kappa shape index (κ1) is 20.0. The number of nitrogen functional groups attached to an aromatic ring is 1. The Morgan fingerprint density at radius 2 is 2.07 bits per heavy atom. The van der Waals surface area contributed by atoms with Crippen molar-refractivity contribution in [2.24, 2.45) is 0 Å². The summed E-state index contributed by atoms with van der Waals surface area (Å²) >= 11 is 2.85. The van der Waals surface area contributed by atoms with Crippen LogP contribution in [-0.4, -0.2) is 40.3 Å². The van der Waals surface area contributed by atoms with E-state index in [9.17, 15) is 4.79 Å². The molecule has 0 radical (unpaired) electrons. The van der Waals surface area contributed by atoms with Crippen molar-refractivity contribution in [2.45, 2.75) is 23.9 Å². The Kier molecular flexibility index (Phi) is 6.42. The molecule has 0 saturated heterocycles. The van der Waals surface area contributed by atoms with Crippen LogP contribution < -0.4 is 20.6 Å². The van der Waals surface area contributed by atoms with Crippen LogP contribution in [0.4, 0.5) is 0 Å². The topological polar surface area (TPSA) is 104 Å². The number of ether oxygens (including phenoxy) is 2. The number of hydrogen-bond donors (Lipinski definition) is 2. The molecule has 10 heteroatoms. The molecule has 2 heterocycles. The lowest BCUT2D eigenvalue weighted by molar-refractivity contribution is -0.120. The third-order valence-corrected chi connectivity index (χ3v) is 5.91. The highest BCUT2D eigenvalue weighted by atomic mass is 32.2. The molecule has 148 valence electrons. The number of amides is 1. The van der Waals surface area contributed by atoms with Crippen molar-refractivity contribution in [3.8, 4) is 22.9 Å². The molecule has 0 aliphatic rings. The van der Waals surface area contributed by atoms with E-state index in [4.69, 9.17) is 15.3 Å². The lowest BCUT2D eigenvalue weighted by atomic mass is 10.2. The lowest BCUT2D eigenvalue weighted by Gasteiger charge is -2.11. The van der Waals surface area contributed by atoms with E-state index in [0.717, 1.165) is 10.4 Å². The van der Waals surface area contributed by atoms with Crippen LogP contribution in [-0.2, 0) is 11.3 Å². The van der Waals surface area contributed by atoms with Crippen LogP contribution in [0.15, 0.2) is 40.9 Å². The lowest BCUT2D eigenvalue weighted by Crippen LogP contribution is -2.30. The number of nitrogens with zero attached hydrogens (tertiary/aromatic N) is 3. The SMILES string of the molecule is COc1ccc(-c2nnc(SC(C)C(=O)NCc3cccs3)n2N)cc1OC. The Balaban J connectivity index is 1.69. The minimum atomic E-state index is -0.371. The van der Waals surface area contributed by atoms with E-state index in [1.54, 1.807) is 44.6 Å². The Bertz CT molecular complexity index is 943. The van der Waals surface area contributed by atoms with Crippen LogP contribution >= 0.6 is 23.1 Å². The fraction of sp³-hybridized carbons (Fsp3) is 0.278. The molecule has 1 unspecified atom stereocenters. The fourth-order valence-electron chi connectivity index (χ4n) is 2.47. The first-order valence-corrected chi connectivity index (χ1v) is 10.2. The number of rotatable bonds is 8. The predicted molar refractivity (Wildman–Crippen MR) is 110 cm³/mol. The highest BCUT2D eigenvalue weighted by molar-refractivity contribution is 8.00. The summed E-state index contributed by atoms with van der Waals surface area (Å²) in [6.45, 7) is 2.31. The van der Waals surface area contributed by atoms with Gasteiger partial charge in [0.15, 0.2) is 17.3 Å². The summed E-state index contributed by atoms with van der Waals surface area (Å²) in [5.41, 5.74) is 0.731. The van der Waals surface area contributed by atoms with Crippen LogP contribution in [0.25, 0.3) is 11.4 Å². The van der Waals surface area contributed by atoms with Crippen LogP contribution in [0.5, 0.6) is 11.5 Å². The maximum atomic E-state index is 12.3. The molecule has 0 aliphatic heterocycles. The van der Waals surface area contributed by atoms with Crippen molar-refractivity contribution in [1.82, 2.24) is 20.2 Å². The number of carbonyl (C=O) groups is 1. The molecule has 1 aromatic carbocycles. The van der Waals surface area contributed by atoms with Gasteiger partial charge in [0.25, 0.3) is 0 Å². The maximum Gasteiger partial charge on any atom is 0.233 e. The van der Waals surface area contributed by atoms with Gasteiger partial charge in [-0.25, -0.2) is 4.68 Å². The van der Waals surface area contributed by atoms with Crippen LogP contribution in [0, 0.1) is 0 Å². The van der Waals surface area contributed by atoms with Gasteiger partial charge in [-0.1, -0.05) is 17.8 Å². The minimum Gasteiger partial charge on any atom is -0.493 e. The highest BCUT2D eigenvalue weighted by Crippen LogP contribution is 2.32. The van der Waals surface area contributed by atoms with Crippen molar-refractivity contribution in [1.29, 1.82) is 0 Å². The Hall–Kier alpha value is -2.72. The van der Waals surface area contributed by atoms with Gasteiger partial charge >= 0.3 is 0 Å². The second kappa shape index (κ2) is 8.98. The van der Waals surface area contributed by atoms with Gasteiger partial charge in [-0.15, -0.1) is 21.5 Å². The molecule has 2 aromatic heterocycles. The summed E-state index contributed by atoms with van der Waals surface area (Å²) in [4.78, 5) is 13.4. The van der Waals surface area contributed by atoms with Crippen molar-refractivity contribution in [3.05, 3.63) is 40.6 Å². The van der Waals surface area contributed by atoms with Crippen LogP contribution in [0.3, 0.4) is 0 Å². The largest absolute Gasteiger partial charge is 0.493 e. The molecular weight excluding hydrogens is 398 g/mol. The number of benzene rings is 1. The van der Waals surface area contributed by atoms with Crippen LogP contribution in [0.2, 0.25) is 0 Å². The van der Waals surface area contributed by atoms with Crippen molar-refractivity contribution >= 4 is 29.0 Å². The molecule has 3 rings (SSSR count). The molecule has 0 aliphatic carbocycles. The number of nitrogens with one attached hydrogen (secondary N) is 1. The summed E-state index contributed by atoms with van der Waals surface area (Å²) < 4.78 is 11.9. The summed E-state index contributed by atoms with van der Waals surface area (Å²) in [5, 5.41) is 13.2. The van der Waals surface area contributed by atoms with Crippen LogP contribution in [0.1, 0.15) is 11.8 Å². The number of thioether (sulfide) groups is 1. The number of methoxy groups -OCH3 is 2. The van der Waals surface area contributed by atoms with Gasteiger partial charge in [0.05, 0.1) is 26.0 Å². The van der Waals surface area contributed by atoms with Gasteiger partial charge in [0.2, 0.25) is 11.1 Å². The average molecular weight is 420 g/mol. The van der Waals surface area contributed by atoms with Crippen molar-refractivity contribution < 1.29 is 14.3 Å². The Labute approximate surface area is 171 Å². The van der Waals surface area contributed by atoms with E-state index in [1.165, 1.54) is 16.4 Å². The second-order valence-corrected chi connectivity index (χ2v) is 8.14. The highest BCUT2D eigenvalue weighted by Gasteiger charge is 2.20. The van der Waals surface area contributed by atoms with Crippen molar-refractivity contribution in [2.75, 3.05) is 20.1 Å². The fourth-order valence-corrected chi connectivity index (χ4v) is 3.91. The van der Waals surface area contributed by atoms with E-state index in [-0.39, 0.29) is 11.2 Å². The van der Waals surface area contributed by atoms with E-state index in [2.05, 4.69) is 15.5 Å². The first-order valence-electron chi connectivity index (χ1n) is 8.43. The number of carbonyl (C=O) groups excluding carboxylic acids is 1. The third-order valence-electron chi connectivity index (χ3n) is 3.97. The van der Waals surface area contributed by atoms with Gasteiger partial charge in [0.1, 0.15) is 0 Å². The molecule has 28 heavy (non-hydrogen) atoms. The smallest absolute Gasteiger partial charge is 0.233 e. The van der Waals surface area contributed by atoms with Gasteiger partial charge in [-0.05, 0) is 36.6 Å². The number of thiophene rings is 1. The summed E-state index contributed by atoms with van der Waals surface area (Å²) in [6, 6.07) is 9.31. The number of hydrogen-bond acceptors (Lipinski definition) is 8. The maximum absolute atomic E-state index is 12.3. The zero-order chi connectivity index (χ0) is 20.1. The van der Waals surface area contributed by atoms with E-state index in [1.807, 2.05) is 23.6 Å². The monoisotopic (exact) mass is 419 g/mol. The predicted octanol–water partition coefficient (Wildman–Crippen LogP) is 2.53. The zero-order valence-electron chi connectivity index (χ0n) is 15.7. The normalized spacial score (nSPS) is 11.8. The minimum absolute atomic E-state index is 0.0888. The number of nitrogens with two attached hydrogens (primary N) is 1. The third kappa shape index (κ3) is 4.39. The molecule has 8 nitrogen and oxygen atoms in total.